The fraction of sp³-hybridized carbons (Fsp3) is 0.111. The van der Waals surface area contributed by atoms with Crippen LogP contribution in [0.2, 0.25) is 0 Å². The summed E-state index contributed by atoms with van der Waals surface area (Å²) in [6, 6.07) is 7.24. The predicted molar refractivity (Wildman–Crippen MR) is 45.0 cm³/mol. The largest absolute Gasteiger partial charge is 0.265 e. The zero-order chi connectivity index (χ0) is 9.68. The molecule has 0 saturated heterocycles. The van der Waals surface area contributed by atoms with Crippen LogP contribution in [0.4, 0.5) is 10.1 Å². The van der Waals surface area contributed by atoms with Crippen LogP contribution in [0.3, 0.4) is 0 Å². The van der Waals surface area contributed by atoms with Crippen molar-refractivity contribution in [1.29, 1.82) is 10.5 Å². The normalized spacial score (nSPS) is 8.54. The topological polar surface area (TPSA) is 50.8 Å². The molecule has 1 rings (SSSR count). The molecule has 0 aliphatic heterocycles. The summed E-state index contributed by atoms with van der Waals surface area (Å²) < 4.78 is 12.5. The van der Waals surface area contributed by atoms with Gasteiger partial charge in [0.25, 0.3) is 0 Å². The van der Waals surface area contributed by atoms with E-state index in [1.807, 2.05) is 12.3 Å². The van der Waals surface area contributed by atoms with E-state index < -0.39 is 0 Å². The zero-order valence-corrected chi connectivity index (χ0v) is 6.74. The van der Waals surface area contributed by atoms with Crippen molar-refractivity contribution < 1.29 is 4.39 Å². The summed E-state index contributed by atoms with van der Waals surface area (Å²) in [7, 11) is 0. The Hall–Kier alpha value is -2.07. The lowest BCUT2D eigenvalue weighted by Crippen LogP contribution is -2.15. The predicted octanol–water partition coefficient (Wildman–Crippen LogP) is 1.64. The molecule has 3 nitrogen and oxygen atoms in total. The second-order valence-electron chi connectivity index (χ2n) is 2.32. The third-order valence-electron chi connectivity index (χ3n) is 1.49. The first-order valence-electron chi connectivity index (χ1n) is 3.57. The fourth-order valence-electron chi connectivity index (χ4n) is 0.876. The molecule has 1 aromatic rings. The van der Waals surface area contributed by atoms with Gasteiger partial charge in [0.05, 0.1) is 11.8 Å². The third-order valence-corrected chi connectivity index (χ3v) is 1.49. The molecule has 0 atom stereocenters. The van der Waals surface area contributed by atoms with Gasteiger partial charge in [0.1, 0.15) is 12.4 Å². The summed E-state index contributed by atoms with van der Waals surface area (Å²) in [6.45, 7) is -0.0257. The quantitative estimate of drug-likeness (QED) is 0.390. The van der Waals surface area contributed by atoms with Crippen LogP contribution in [0.1, 0.15) is 0 Å². The number of rotatable bonds is 2. The van der Waals surface area contributed by atoms with E-state index in [1.54, 1.807) is 0 Å². The Bertz CT molecular complexity index is 358. The molecular formula is C9H6FN3. The summed E-state index contributed by atoms with van der Waals surface area (Å²) in [4.78, 5) is 1.18. The lowest BCUT2D eigenvalue weighted by molar-refractivity contribution is 0.628. The molecule has 0 unspecified atom stereocenters. The number of halogens is 1. The zero-order valence-electron chi connectivity index (χ0n) is 6.74. The van der Waals surface area contributed by atoms with Crippen molar-refractivity contribution >= 4 is 5.69 Å². The molecule has 0 aliphatic carbocycles. The average Bonchev–Trinajstić information content (AvgIpc) is 2.16. The molecule has 0 aromatic heterocycles. The molecule has 0 spiro atoms. The smallest absolute Gasteiger partial charge is 0.185 e. The van der Waals surface area contributed by atoms with E-state index in [0.29, 0.717) is 5.69 Å². The van der Waals surface area contributed by atoms with Crippen LogP contribution in [-0.2, 0) is 0 Å². The van der Waals surface area contributed by atoms with Gasteiger partial charge in [0.15, 0.2) is 6.19 Å². The second-order valence-corrected chi connectivity index (χ2v) is 2.32. The van der Waals surface area contributed by atoms with E-state index >= 15 is 0 Å². The van der Waals surface area contributed by atoms with Crippen molar-refractivity contribution in [3.63, 3.8) is 0 Å². The van der Waals surface area contributed by atoms with Crippen LogP contribution in [0, 0.1) is 28.6 Å². The average molecular weight is 175 g/mol. The summed E-state index contributed by atoms with van der Waals surface area (Å²) in [5.41, 5.74) is 0.519. The van der Waals surface area contributed by atoms with Gasteiger partial charge in [-0.1, -0.05) is 0 Å². The molecule has 13 heavy (non-hydrogen) atoms. The van der Waals surface area contributed by atoms with Crippen molar-refractivity contribution in [2.45, 2.75) is 0 Å². The first-order chi connectivity index (χ1) is 6.27. The highest BCUT2D eigenvalue weighted by molar-refractivity contribution is 5.50. The molecule has 0 fully saturated rings. The van der Waals surface area contributed by atoms with Crippen LogP contribution in [0.25, 0.3) is 0 Å². The van der Waals surface area contributed by atoms with Crippen LogP contribution in [0.15, 0.2) is 24.3 Å². The van der Waals surface area contributed by atoms with E-state index in [9.17, 15) is 4.39 Å². The number of hydrogen-bond acceptors (Lipinski definition) is 3. The minimum atomic E-state index is -0.362. The Morgan fingerprint density at radius 2 is 1.85 bits per heavy atom. The lowest BCUT2D eigenvalue weighted by atomic mass is 10.3. The highest BCUT2D eigenvalue weighted by atomic mass is 19.1. The van der Waals surface area contributed by atoms with Gasteiger partial charge < -0.3 is 0 Å². The van der Waals surface area contributed by atoms with Crippen molar-refractivity contribution in [2.75, 3.05) is 11.4 Å². The molecule has 64 valence electrons. The molecule has 0 saturated carbocycles. The fourth-order valence-corrected chi connectivity index (χ4v) is 0.876. The summed E-state index contributed by atoms with van der Waals surface area (Å²) in [6.07, 6.45) is 1.83. The molecule has 0 amide bonds. The first-order valence-corrected chi connectivity index (χ1v) is 3.57. The van der Waals surface area contributed by atoms with Gasteiger partial charge in [-0.3, -0.25) is 4.90 Å². The van der Waals surface area contributed by atoms with Crippen LogP contribution in [0.5, 0.6) is 0 Å². The Morgan fingerprint density at radius 1 is 1.23 bits per heavy atom. The minimum absolute atomic E-state index is 0.0257. The molecule has 0 heterocycles. The van der Waals surface area contributed by atoms with Gasteiger partial charge >= 0.3 is 0 Å². The number of benzene rings is 1. The summed E-state index contributed by atoms with van der Waals surface area (Å²) >= 11 is 0. The third kappa shape index (κ3) is 2.18. The van der Waals surface area contributed by atoms with E-state index in [0.717, 1.165) is 0 Å². The standard InChI is InChI=1S/C9H6FN3/c10-8-1-3-9(4-2-8)13(7-12)6-5-11/h1-4H,6H2. The first kappa shape index (κ1) is 9.02. The maximum Gasteiger partial charge on any atom is 0.185 e. The Balaban J connectivity index is 2.89. The molecule has 0 radical (unpaired) electrons. The van der Waals surface area contributed by atoms with E-state index in [2.05, 4.69) is 0 Å². The van der Waals surface area contributed by atoms with Gasteiger partial charge in [-0.25, -0.2) is 4.39 Å². The van der Waals surface area contributed by atoms with E-state index in [1.165, 1.54) is 29.2 Å². The van der Waals surface area contributed by atoms with Gasteiger partial charge in [0.2, 0.25) is 0 Å². The van der Waals surface area contributed by atoms with E-state index in [-0.39, 0.29) is 12.4 Å². The summed E-state index contributed by atoms with van der Waals surface area (Å²) in [5, 5.41) is 17.0. The van der Waals surface area contributed by atoms with Crippen molar-refractivity contribution in [3.05, 3.63) is 30.1 Å². The molecule has 0 bridgehead atoms. The van der Waals surface area contributed by atoms with Gasteiger partial charge in [0, 0.05) is 0 Å². The Kier molecular flexibility index (Phi) is 2.83. The Labute approximate surface area is 75.2 Å². The van der Waals surface area contributed by atoms with Gasteiger partial charge in [-0.2, -0.15) is 10.5 Å². The molecule has 1 aromatic carbocycles. The van der Waals surface area contributed by atoms with Crippen LogP contribution >= 0.6 is 0 Å². The number of anilines is 1. The lowest BCUT2D eigenvalue weighted by Gasteiger charge is -2.10. The maximum absolute atomic E-state index is 12.5. The highest BCUT2D eigenvalue weighted by Crippen LogP contribution is 2.12. The van der Waals surface area contributed by atoms with E-state index in [4.69, 9.17) is 10.5 Å². The van der Waals surface area contributed by atoms with Crippen LogP contribution < -0.4 is 4.90 Å². The Morgan fingerprint density at radius 3 is 2.31 bits per heavy atom. The van der Waals surface area contributed by atoms with Crippen LogP contribution in [-0.4, -0.2) is 6.54 Å². The number of hydrogen-bond donors (Lipinski definition) is 0. The number of nitriles is 2. The molecular weight excluding hydrogens is 169 g/mol. The minimum Gasteiger partial charge on any atom is -0.265 e. The van der Waals surface area contributed by atoms with Crippen molar-refractivity contribution in [1.82, 2.24) is 0 Å². The SMILES string of the molecule is N#CCN(C#N)c1ccc(F)cc1. The number of nitrogens with zero attached hydrogens (tertiary/aromatic N) is 3. The van der Waals surface area contributed by atoms with Gasteiger partial charge in [-0.05, 0) is 24.3 Å². The van der Waals surface area contributed by atoms with Gasteiger partial charge in [-0.15, -0.1) is 0 Å². The highest BCUT2D eigenvalue weighted by Gasteiger charge is 2.03. The monoisotopic (exact) mass is 175 g/mol. The molecule has 0 aliphatic rings. The van der Waals surface area contributed by atoms with Crippen molar-refractivity contribution in [2.24, 2.45) is 0 Å². The summed E-state index contributed by atoms with van der Waals surface area (Å²) in [5.74, 6) is -0.362. The second kappa shape index (κ2) is 4.08. The molecule has 4 heteroatoms. The van der Waals surface area contributed by atoms with Crippen molar-refractivity contribution in [3.8, 4) is 12.3 Å². The molecule has 0 N–H and O–H groups in total. The maximum atomic E-state index is 12.5.